The second-order valence-corrected chi connectivity index (χ2v) is 7.64. The first kappa shape index (κ1) is 20.0. The molecule has 0 saturated carbocycles. The summed E-state index contributed by atoms with van der Waals surface area (Å²) in [5.41, 5.74) is 2.16. The van der Waals surface area contributed by atoms with Crippen molar-refractivity contribution >= 4 is 34.2 Å². The summed E-state index contributed by atoms with van der Waals surface area (Å²) in [6.07, 6.45) is 7.63. The molecule has 0 spiro atoms. The highest BCUT2D eigenvalue weighted by Crippen LogP contribution is 2.28. The van der Waals surface area contributed by atoms with Crippen LogP contribution in [0.3, 0.4) is 0 Å². The van der Waals surface area contributed by atoms with Gasteiger partial charge < -0.3 is 9.30 Å². The van der Waals surface area contributed by atoms with Crippen LogP contribution in [0.4, 0.5) is 0 Å². The second-order valence-electron chi connectivity index (χ2n) is 6.80. The van der Waals surface area contributed by atoms with Crippen molar-refractivity contribution in [2.24, 2.45) is 0 Å². The summed E-state index contributed by atoms with van der Waals surface area (Å²) in [5.74, 6) is 1.55. The van der Waals surface area contributed by atoms with Gasteiger partial charge in [-0.1, -0.05) is 74.4 Å². The number of ether oxygens (including phenoxy) is 1. The van der Waals surface area contributed by atoms with E-state index in [1.54, 1.807) is 18.2 Å². The van der Waals surface area contributed by atoms with Crippen molar-refractivity contribution in [3.05, 3.63) is 58.3 Å². The number of para-hydroxylation sites is 2. The van der Waals surface area contributed by atoms with Gasteiger partial charge in [-0.3, -0.25) is 0 Å². The smallest absolute Gasteiger partial charge is 0.147 e. The Balaban J connectivity index is 1.70. The average Bonchev–Trinajstić information content (AvgIpc) is 3.01. The Hall–Kier alpha value is -1.71. The van der Waals surface area contributed by atoms with Crippen LogP contribution in [0.25, 0.3) is 11.0 Å². The van der Waals surface area contributed by atoms with Crippen molar-refractivity contribution in [1.82, 2.24) is 9.55 Å². The Bertz CT molecular complexity index is 876. The number of benzene rings is 2. The summed E-state index contributed by atoms with van der Waals surface area (Å²) >= 11 is 12.2. The van der Waals surface area contributed by atoms with Crippen LogP contribution < -0.4 is 4.74 Å². The Morgan fingerprint density at radius 1 is 0.963 bits per heavy atom. The minimum Gasteiger partial charge on any atom is -0.484 e. The molecule has 0 aliphatic rings. The molecule has 0 atom stereocenters. The zero-order valence-corrected chi connectivity index (χ0v) is 17.3. The van der Waals surface area contributed by atoms with Gasteiger partial charge in [0.1, 0.15) is 18.2 Å². The molecule has 0 radical (unpaired) electrons. The fourth-order valence-electron chi connectivity index (χ4n) is 3.27. The summed E-state index contributed by atoms with van der Waals surface area (Å²) < 4.78 is 8.21. The number of nitrogens with zero attached hydrogens (tertiary/aromatic N) is 2. The fourth-order valence-corrected chi connectivity index (χ4v) is 3.73. The van der Waals surface area contributed by atoms with Crippen molar-refractivity contribution in [2.75, 3.05) is 0 Å². The van der Waals surface area contributed by atoms with Crippen LogP contribution in [0, 0.1) is 0 Å². The van der Waals surface area contributed by atoms with Crippen LogP contribution in [-0.4, -0.2) is 9.55 Å². The first-order valence-electron chi connectivity index (χ1n) is 9.71. The van der Waals surface area contributed by atoms with E-state index in [1.165, 1.54) is 32.1 Å². The lowest BCUT2D eigenvalue weighted by atomic mass is 10.1. The molecule has 5 heteroatoms. The molecule has 3 aromatic rings. The molecule has 0 saturated heterocycles. The molecule has 2 aromatic carbocycles. The number of imidazole rings is 1. The molecule has 0 amide bonds. The van der Waals surface area contributed by atoms with Crippen molar-refractivity contribution < 1.29 is 4.74 Å². The number of fused-ring (bicyclic) bond motifs is 1. The molecule has 0 aliphatic heterocycles. The zero-order valence-electron chi connectivity index (χ0n) is 15.8. The fraction of sp³-hybridized carbons (Fsp3) is 0.409. The first-order chi connectivity index (χ1) is 13.2. The standard InChI is InChI=1S/C22H26Cl2N2O/c1-2-3-4-5-6-9-14-26-20-11-8-7-10-19(20)25-22(26)16-27-21-13-12-17(23)15-18(21)24/h7-8,10-13,15H,2-6,9,14,16H2,1H3. The SMILES string of the molecule is CCCCCCCCn1c(COc2ccc(Cl)cc2Cl)nc2ccccc21. The Kier molecular flexibility index (Phi) is 7.42. The van der Waals surface area contributed by atoms with Crippen molar-refractivity contribution in [3.8, 4) is 5.75 Å². The quantitative estimate of drug-likeness (QED) is 0.331. The van der Waals surface area contributed by atoms with Gasteiger partial charge in [0.2, 0.25) is 0 Å². The van der Waals surface area contributed by atoms with E-state index in [9.17, 15) is 0 Å². The van der Waals surface area contributed by atoms with E-state index in [0.717, 1.165) is 29.8 Å². The van der Waals surface area contributed by atoms with Crippen LogP contribution in [0.5, 0.6) is 5.75 Å². The molecule has 1 aromatic heterocycles. The van der Waals surface area contributed by atoms with Crippen LogP contribution in [0.15, 0.2) is 42.5 Å². The van der Waals surface area contributed by atoms with Gasteiger partial charge in [0.25, 0.3) is 0 Å². The lowest BCUT2D eigenvalue weighted by Gasteiger charge is -2.11. The van der Waals surface area contributed by atoms with Crippen LogP contribution in [-0.2, 0) is 13.2 Å². The van der Waals surface area contributed by atoms with E-state index in [1.807, 2.05) is 12.1 Å². The largest absolute Gasteiger partial charge is 0.484 e. The average molecular weight is 405 g/mol. The molecule has 3 nitrogen and oxygen atoms in total. The third-order valence-corrected chi connectivity index (χ3v) is 5.25. The molecule has 0 unspecified atom stereocenters. The van der Waals surface area contributed by atoms with Crippen LogP contribution >= 0.6 is 23.2 Å². The zero-order chi connectivity index (χ0) is 19.1. The highest BCUT2D eigenvalue weighted by atomic mass is 35.5. The summed E-state index contributed by atoms with van der Waals surface area (Å²) in [6.45, 7) is 3.59. The van der Waals surface area contributed by atoms with Crippen molar-refractivity contribution in [3.63, 3.8) is 0 Å². The van der Waals surface area contributed by atoms with Gasteiger partial charge in [0, 0.05) is 11.6 Å². The summed E-state index contributed by atoms with van der Waals surface area (Å²) in [4.78, 5) is 4.77. The number of aromatic nitrogens is 2. The highest BCUT2D eigenvalue weighted by molar-refractivity contribution is 6.35. The highest BCUT2D eigenvalue weighted by Gasteiger charge is 2.12. The Morgan fingerprint density at radius 3 is 2.56 bits per heavy atom. The van der Waals surface area contributed by atoms with Gasteiger partial charge >= 0.3 is 0 Å². The number of hydrogen-bond acceptors (Lipinski definition) is 2. The molecule has 144 valence electrons. The summed E-state index contributed by atoms with van der Waals surface area (Å²) in [5, 5.41) is 1.11. The second kappa shape index (κ2) is 10.0. The number of rotatable bonds is 10. The number of unbranched alkanes of at least 4 members (excludes halogenated alkanes) is 5. The number of hydrogen-bond donors (Lipinski definition) is 0. The molecule has 27 heavy (non-hydrogen) atoms. The minimum atomic E-state index is 0.381. The molecule has 0 bridgehead atoms. The van der Waals surface area contributed by atoms with Gasteiger partial charge in [-0.15, -0.1) is 0 Å². The van der Waals surface area contributed by atoms with E-state index in [-0.39, 0.29) is 0 Å². The Morgan fingerprint density at radius 2 is 1.74 bits per heavy atom. The minimum absolute atomic E-state index is 0.381. The molecular formula is C22H26Cl2N2O. The van der Waals surface area contributed by atoms with Gasteiger partial charge in [-0.05, 0) is 36.8 Å². The maximum atomic E-state index is 6.22. The summed E-state index contributed by atoms with van der Waals surface area (Å²) in [7, 11) is 0. The molecule has 1 heterocycles. The van der Waals surface area contributed by atoms with E-state index < -0.39 is 0 Å². The Labute approximate surface area is 171 Å². The normalized spacial score (nSPS) is 11.2. The van der Waals surface area contributed by atoms with E-state index in [0.29, 0.717) is 22.4 Å². The van der Waals surface area contributed by atoms with Crippen LogP contribution in [0.1, 0.15) is 51.3 Å². The van der Waals surface area contributed by atoms with Crippen LogP contribution in [0.2, 0.25) is 10.0 Å². The van der Waals surface area contributed by atoms with Gasteiger partial charge in [0.05, 0.1) is 16.1 Å². The van der Waals surface area contributed by atoms with Gasteiger partial charge in [-0.25, -0.2) is 4.98 Å². The predicted molar refractivity (Wildman–Crippen MR) is 114 cm³/mol. The van der Waals surface area contributed by atoms with Gasteiger partial charge in [0.15, 0.2) is 0 Å². The maximum absolute atomic E-state index is 6.22. The first-order valence-corrected chi connectivity index (χ1v) is 10.5. The monoisotopic (exact) mass is 404 g/mol. The van der Waals surface area contributed by atoms with E-state index in [4.69, 9.17) is 32.9 Å². The molecule has 0 aliphatic carbocycles. The molecule has 0 fully saturated rings. The van der Waals surface area contributed by atoms with E-state index >= 15 is 0 Å². The van der Waals surface area contributed by atoms with E-state index in [2.05, 4.69) is 23.6 Å². The molecular weight excluding hydrogens is 379 g/mol. The third kappa shape index (κ3) is 5.40. The summed E-state index contributed by atoms with van der Waals surface area (Å²) in [6, 6.07) is 13.5. The third-order valence-electron chi connectivity index (χ3n) is 4.72. The van der Waals surface area contributed by atoms with Gasteiger partial charge in [-0.2, -0.15) is 0 Å². The van der Waals surface area contributed by atoms with Crippen molar-refractivity contribution in [1.29, 1.82) is 0 Å². The lowest BCUT2D eigenvalue weighted by Crippen LogP contribution is -2.08. The van der Waals surface area contributed by atoms with Crippen molar-refractivity contribution in [2.45, 2.75) is 58.6 Å². The topological polar surface area (TPSA) is 27.1 Å². The lowest BCUT2D eigenvalue weighted by molar-refractivity contribution is 0.289. The number of aryl methyl sites for hydroxylation is 1. The molecule has 0 N–H and O–H groups in total. The molecule has 3 rings (SSSR count). The predicted octanol–water partition coefficient (Wildman–Crippen LogP) is 7.28. The maximum Gasteiger partial charge on any atom is 0.147 e. The number of halogens is 2.